The molecule has 9 nitrogen and oxygen atoms in total. The fourth-order valence-corrected chi connectivity index (χ4v) is 4.22. The van der Waals surface area contributed by atoms with Gasteiger partial charge in [-0.1, -0.05) is 0 Å². The number of nitrogens with two attached hydrogens (primary N) is 1. The van der Waals surface area contributed by atoms with E-state index in [4.69, 9.17) is 14.9 Å². The molecule has 0 unspecified atom stereocenters. The molecule has 3 amide bonds. The molecule has 0 aromatic carbocycles. The van der Waals surface area contributed by atoms with E-state index < -0.39 is 30.3 Å². The summed E-state index contributed by atoms with van der Waals surface area (Å²) < 4.78 is 9.81. The number of fused-ring (bicyclic) bond motifs is 1. The SMILES string of the molecule is NC(=O)c1c(NC(=O)COC(=O)CCNC(=O)c2ccco2)sc2c1CCC2. The third kappa shape index (κ3) is 4.58. The highest BCUT2D eigenvalue weighted by atomic mass is 32.1. The third-order valence-electron chi connectivity index (χ3n) is 4.14. The molecule has 2 aromatic heterocycles. The van der Waals surface area contributed by atoms with E-state index in [2.05, 4.69) is 10.6 Å². The van der Waals surface area contributed by atoms with Gasteiger partial charge >= 0.3 is 5.97 Å². The number of esters is 1. The summed E-state index contributed by atoms with van der Waals surface area (Å²) in [7, 11) is 0. The third-order valence-corrected chi connectivity index (χ3v) is 5.35. The number of nitrogens with one attached hydrogen (secondary N) is 2. The van der Waals surface area contributed by atoms with Crippen LogP contribution in [0.1, 0.15) is 44.2 Å². The van der Waals surface area contributed by atoms with Gasteiger partial charge in [0, 0.05) is 11.4 Å². The molecule has 1 aliphatic rings. The highest BCUT2D eigenvalue weighted by molar-refractivity contribution is 7.17. The number of rotatable bonds is 8. The molecule has 10 heteroatoms. The molecule has 28 heavy (non-hydrogen) atoms. The molecule has 2 aromatic rings. The zero-order chi connectivity index (χ0) is 20.1. The zero-order valence-electron chi connectivity index (χ0n) is 14.9. The van der Waals surface area contributed by atoms with E-state index in [1.165, 1.54) is 23.7 Å². The Morgan fingerprint density at radius 3 is 2.79 bits per heavy atom. The van der Waals surface area contributed by atoms with Crippen LogP contribution in [0.2, 0.25) is 0 Å². The molecule has 0 spiro atoms. The van der Waals surface area contributed by atoms with Crippen molar-refractivity contribution in [2.45, 2.75) is 25.7 Å². The Morgan fingerprint density at radius 1 is 1.25 bits per heavy atom. The lowest BCUT2D eigenvalue weighted by Gasteiger charge is -2.07. The van der Waals surface area contributed by atoms with Crippen molar-refractivity contribution < 1.29 is 28.3 Å². The molecule has 0 aliphatic heterocycles. The van der Waals surface area contributed by atoms with Gasteiger partial charge in [0.25, 0.3) is 17.7 Å². The molecular formula is C18H19N3O6S. The summed E-state index contributed by atoms with van der Waals surface area (Å²) >= 11 is 1.33. The molecule has 2 heterocycles. The van der Waals surface area contributed by atoms with E-state index in [0.29, 0.717) is 10.6 Å². The first-order chi connectivity index (χ1) is 13.5. The van der Waals surface area contributed by atoms with Gasteiger partial charge in [-0.15, -0.1) is 11.3 Å². The quantitative estimate of drug-likeness (QED) is 0.564. The minimum Gasteiger partial charge on any atom is -0.459 e. The number of hydrogen-bond acceptors (Lipinski definition) is 7. The maximum Gasteiger partial charge on any atom is 0.308 e. The van der Waals surface area contributed by atoms with Crippen molar-refractivity contribution >= 4 is 40.0 Å². The van der Waals surface area contributed by atoms with Crippen molar-refractivity contribution in [2.24, 2.45) is 5.73 Å². The standard InChI is InChI=1S/C18H19N3O6S/c19-16(24)15-10-3-1-5-12(10)28-18(15)21-13(22)9-27-14(23)6-7-20-17(25)11-4-2-8-26-11/h2,4,8H,1,3,5-7,9H2,(H2,19,24)(H,20,25)(H,21,22). The Hall–Kier alpha value is -3.14. The minimum atomic E-state index is -0.640. The molecule has 0 saturated carbocycles. The molecular weight excluding hydrogens is 386 g/mol. The topological polar surface area (TPSA) is 141 Å². The number of amides is 3. The molecule has 4 N–H and O–H groups in total. The van der Waals surface area contributed by atoms with E-state index in [0.717, 1.165) is 29.7 Å². The number of thiophene rings is 1. The number of hydrogen-bond donors (Lipinski definition) is 3. The van der Waals surface area contributed by atoms with Gasteiger partial charge in [0.15, 0.2) is 12.4 Å². The molecule has 3 rings (SSSR count). The summed E-state index contributed by atoms with van der Waals surface area (Å²) in [6.45, 7) is -0.449. The number of carbonyl (C=O) groups is 4. The second-order valence-corrected chi connectivity index (χ2v) is 7.22. The Morgan fingerprint density at radius 2 is 2.07 bits per heavy atom. The Labute approximate surface area is 164 Å². The van der Waals surface area contributed by atoms with Crippen molar-refractivity contribution in [2.75, 3.05) is 18.5 Å². The van der Waals surface area contributed by atoms with E-state index in [9.17, 15) is 19.2 Å². The van der Waals surface area contributed by atoms with Crippen LogP contribution >= 0.6 is 11.3 Å². The molecule has 0 bridgehead atoms. The first-order valence-electron chi connectivity index (χ1n) is 8.67. The van der Waals surface area contributed by atoms with Gasteiger partial charge < -0.3 is 25.5 Å². The highest BCUT2D eigenvalue weighted by Gasteiger charge is 2.26. The van der Waals surface area contributed by atoms with Gasteiger partial charge in [-0.05, 0) is 37.0 Å². The summed E-state index contributed by atoms with van der Waals surface area (Å²) in [6.07, 6.45) is 3.85. The number of primary amides is 1. The Kier molecular flexibility index (Phi) is 6.09. The summed E-state index contributed by atoms with van der Waals surface area (Å²) in [5.41, 5.74) is 6.68. The first-order valence-corrected chi connectivity index (χ1v) is 9.49. The Balaban J connectivity index is 1.43. The van der Waals surface area contributed by atoms with Crippen LogP contribution in [0.15, 0.2) is 22.8 Å². The lowest BCUT2D eigenvalue weighted by Crippen LogP contribution is -2.27. The van der Waals surface area contributed by atoms with Crippen LogP contribution in [-0.2, 0) is 27.2 Å². The molecule has 0 saturated heterocycles. The van der Waals surface area contributed by atoms with Gasteiger partial charge in [-0.25, -0.2) is 0 Å². The van der Waals surface area contributed by atoms with Crippen molar-refractivity contribution in [1.82, 2.24) is 5.32 Å². The van der Waals surface area contributed by atoms with Crippen molar-refractivity contribution in [3.8, 4) is 0 Å². The number of carbonyl (C=O) groups excluding carboxylic acids is 4. The lowest BCUT2D eigenvalue weighted by molar-refractivity contribution is -0.147. The number of anilines is 1. The monoisotopic (exact) mass is 405 g/mol. The number of ether oxygens (including phenoxy) is 1. The molecule has 148 valence electrons. The van der Waals surface area contributed by atoms with Crippen LogP contribution in [0, 0.1) is 0 Å². The lowest BCUT2D eigenvalue weighted by atomic mass is 10.1. The predicted octanol–water partition coefficient (Wildman–Crippen LogP) is 1.23. The van der Waals surface area contributed by atoms with Gasteiger partial charge in [0.1, 0.15) is 5.00 Å². The van der Waals surface area contributed by atoms with Crippen molar-refractivity contribution in [3.05, 3.63) is 40.2 Å². The molecule has 0 atom stereocenters. The van der Waals surface area contributed by atoms with E-state index in [-0.39, 0.29) is 18.7 Å². The van der Waals surface area contributed by atoms with Crippen LogP contribution in [0.25, 0.3) is 0 Å². The summed E-state index contributed by atoms with van der Waals surface area (Å²) in [6, 6.07) is 3.08. The summed E-state index contributed by atoms with van der Waals surface area (Å²) in [5.74, 6) is -2.09. The molecule has 1 aliphatic carbocycles. The van der Waals surface area contributed by atoms with Crippen molar-refractivity contribution in [1.29, 1.82) is 0 Å². The number of furan rings is 1. The van der Waals surface area contributed by atoms with Crippen molar-refractivity contribution in [3.63, 3.8) is 0 Å². The van der Waals surface area contributed by atoms with Gasteiger partial charge in [-0.2, -0.15) is 0 Å². The minimum absolute atomic E-state index is 0.0451. The fourth-order valence-electron chi connectivity index (χ4n) is 2.91. The van der Waals surface area contributed by atoms with Crippen LogP contribution in [0.3, 0.4) is 0 Å². The molecule has 0 radical (unpaired) electrons. The second kappa shape index (κ2) is 8.70. The average molecular weight is 405 g/mol. The zero-order valence-corrected chi connectivity index (χ0v) is 15.7. The highest BCUT2D eigenvalue weighted by Crippen LogP contribution is 2.38. The fraction of sp³-hybridized carbons (Fsp3) is 0.333. The largest absolute Gasteiger partial charge is 0.459 e. The molecule has 0 fully saturated rings. The van der Waals surface area contributed by atoms with Gasteiger partial charge in [-0.3, -0.25) is 19.2 Å². The van der Waals surface area contributed by atoms with Crippen LogP contribution in [0.5, 0.6) is 0 Å². The van der Waals surface area contributed by atoms with E-state index in [1.807, 2.05) is 0 Å². The summed E-state index contributed by atoms with van der Waals surface area (Å²) in [5, 5.41) is 5.48. The van der Waals surface area contributed by atoms with Crippen LogP contribution < -0.4 is 16.4 Å². The van der Waals surface area contributed by atoms with Gasteiger partial charge in [0.2, 0.25) is 0 Å². The summed E-state index contributed by atoms with van der Waals surface area (Å²) in [4.78, 5) is 48.1. The van der Waals surface area contributed by atoms with Gasteiger partial charge in [0.05, 0.1) is 18.2 Å². The van der Waals surface area contributed by atoms with E-state index >= 15 is 0 Å². The Bertz CT molecular complexity index is 903. The maximum atomic E-state index is 12.0. The predicted molar refractivity (Wildman–Crippen MR) is 100 cm³/mol. The van der Waals surface area contributed by atoms with E-state index in [1.54, 1.807) is 6.07 Å². The normalized spacial score (nSPS) is 12.3. The maximum absolute atomic E-state index is 12.0. The smallest absolute Gasteiger partial charge is 0.308 e. The van der Waals surface area contributed by atoms with Crippen LogP contribution in [-0.4, -0.2) is 36.8 Å². The first kappa shape index (κ1) is 19.6. The van der Waals surface area contributed by atoms with Crippen LogP contribution in [0.4, 0.5) is 5.00 Å². The second-order valence-electron chi connectivity index (χ2n) is 6.12. The average Bonchev–Trinajstić information content (AvgIpc) is 3.36. The number of aryl methyl sites for hydroxylation is 1.